The Labute approximate surface area is 96.2 Å². The van der Waals surface area contributed by atoms with Crippen LogP contribution in [0.25, 0.3) is 0 Å². The fraction of sp³-hybridized carbons (Fsp3) is 0.182. The maximum absolute atomic E-state index is 12.9. The van der Waals surface area contributed by atoms with Crippen LogP contribution in [-0.4, -0.2) is 27.7 Å². The van der Waals surface area contributed by atoms with Crippen LogP contribution in [0.5, 0.6) is 0 Å². The molecule has 0 atom stereocenters. The summed E-state index contributed by atoms with van der Waals surface area (Å²) in [4.78, 5) is 22.1. The molecule has 0 saturated carbocycles. The number of benzene rings is 1. The van der Waals surface area contributed by atoms with Gasteiger partial charge in [0.15, 0.2) is 5.71 Å². The molecule has 17 heavy (non-hydrogen) atoms. The Kier molecular flexibility index (Phi) is 2.86. The Morgan fingerprint density at radius 3 is 2.88 bits per heavy atom. The standard InChI is InChI=1S/C11H9FN2O3/c12-8-3-1-2-7(4-8)6-14-10(15)5-9(13-14)11(16)17/h1-4H,5-6H2,(H,16,17). The van der Waals surface area contributed by atoms with Gasteiger partial charge in [0.1, 0.15) is 5.82 Å². The molecule has 2 rings (SSSR count). The SMILES string of the molecule is O=C(O)C1=NN(Cc2cccc(F)c2)C(=O)C1. The molecular formula is C11H9FN2O3. The summed E-state index contributed by atoms with van der Waals surface area (Å²) in [7, 11) is 0. The van der Waals surface area contributed by atoms with Crippen LogP contribution in [0.2, 0.25) is 0 Å². The normalized spacial score (nSPS) is 15.0. The van der Waals surface area contributed by atoms with E-state index >= 15 is 0 Å². The van der Waals surface area contributed by atoms with Crippen LogP contribution in [0.4, 0.5) is 4.39 Å². The molecular weight excluding hydrogens is 227 g/mol. The van der Waals surface area contributed by atoms with Crippen LogP contribution in [0.15, 0.2) is 29.4 Å². The van der Waals surface area contributed by atoms with Crippen molar-refractivity contribution in [3.8, 4) is 0 Å². The van der Waals surface area contributed by atoms with E-state index in [0.29, 0.717) is 5.56 Å². The lowest BCUT2D eigenvalue weighted by atomic mass is 10.2. The molecule has 1 aliphatic heterocycles. The number of halogens is 1. The molecule has 0 aromatic heterocycles. The van der Waals surface area contributed by atoms with Crippen molar-refractivity contribution < 1.29 is 19.1 Å². The quantitative estimate of drug-likeness (QED) is 0.851. The van der Waals surface area contributed by atoms with Crippen molar-refractivity contribution in [3.05, 3.63) is 35.6 Å². The van der Waals surface area contributed by atoms with E-state index in [0.717, 1.165) is 5.01 Å². The van der Waals surface area contributed by atoms with Gasteiger partial charge in [0.25, 0.3) is 0 Å². The van der Waals surface area contributed by atoms with Gasteiger partial charge in [0, 0.05) is 0 Å². The second-order valence-electron chi connectivity index (χ2n) is 3.61. The average Bonchev–Trinajstić information content (AvgIpc) is 2.61. The Balaban J connectivity index is 2.14. The minimum atomic E-state index is -1.21. The second-order valence-corrected chi connectivity index (χ2v) is 3.61. The number of amides is 1. The largest absolute Gasteiger partial charge is 0.477 e. The average molecular weight is 236 g/mol. The van der Waals surface area contributed by atoms with Gasteiger partial charge in [-0.1, -0.05) is 12.1 Å². The molecule has 1 heterocycles. The van der Waals surface area contributed by atoms with Gasteiger partial charge < -0.3 is 5.11 Å². The fourth-order valence-electron chi connectivity index (χ4n) is 1.52. The predicted molar refractivity (Wildman–Crippen MR) is 56.6 cm³/mol. The van der Waals surface area contributed by atoms with Crippen LogP contribution in [0.3, 0.4) is 0 Å². The lowest BCUT2D eigenvalue weighted by Gasteiger charge is -2.11. The highest BCUT2D eigenvalue weighted by Crippen LogP contribution is 2.14. The number of rotatable bonds is 3. The van der Waals surface area contributed by atoms with Crippen molar-refractivity contribution in [2.24, 2.45) is 5.10 Å². The van der Waals surface area contributed by atoms with Gasteiger partial charge in [-0.2, -0.15) is 5.10 Å². The van der Waals surface area contributed by atoms with Gasteiger partial charge >= 0.3 is 5.97 Å². The Morgan fingerprint density at radius 2 is 2.29 bits per heavy atom. The highest BCUT2D eigenvalue weighted by atomic mass is 19.1. The van der Waals surface area contributed by atoms with E-state index in [1.165, 1.54) is 18.2 Å². The van der Waals surface area contributed by atoms with Crippen molar-refractivity contribution >= 4 is 17.6 Å². The third-order valence-corrected chi connectivity index (χ3v) is 2.32. The number of hydrogen-bond donors (Lipinski definition) is 1. The molecule has 1 amide bonds. The van der Waals surface area contributed by atoms with Gasteiger partial charge in [-0.15, -0.1) is 0 Å². The molecule has 1 aromatic rings. The summed E-state index contributed by atoms with van der Waals surface area (Å²) in [5.41, 5.74) is 0.375. The molecule has 0 unspecified atom stereocenters. The van der Waals surface area contributed by atoms with Crippen LogP contribution < -0.4 is 0 Å². The molecule has 0 fully saturated rings. The molecule has 88 valence electrons. The summed E-state index contributed by atoms with van der Waals surface area (Å²) in [5, 5.41) is 13.4. The van der Waals surface area contributed by atoms with E-state index in [2.05, 4.69) is 5.10 Å². The summed E-state index contributed by atoms with van der Waals surface area (Å²) in [5.74, 6) is -2.01. The Morgan fingerprint density at radius 1 is 1.53 bits per heavy atom. The van der Waals surface area contributed by atoms with Crippen molar-refractivity contribution in [3.63, 3.8) is 0 Å². The maximum atomic E-state index is 12.9. The zero-order chi connectivity index (χ0) is 12.4. The molecule has 0 radical (unpaired) electrons. The van der Waals surface area contributed by atoms with Gasteiger partial charge in [0.2, 0.25) is 5.91 Å². The second kappa shape index (κ2) is 4.32. The van der Waals surface area contributed by atoms with E-state index in [9.17, 15) is 14.0 Å². The van der Waals surface area contributed by atoms with Crippen molar-refractivity contribution in [2.75, 3.05) is 0 Å². The van der Waals surface area contributed by atoms with Crippen molar-refractivity contribution in [1.29, 1.82) is 0 Å². The van der Waals surface area contributed by atoms with Crippen LogP contribution >= 0.6 is 0 Å². The van der Waals surface area contributed by atoms with Gasteiger partial charge in [-0.3, -0.25) is 4.79 Å². The number of carboxylic acid groups (broad SMARTS) is 1. The van der Waals surface area contributed by atoms with Crippen LogP contribution in [0, 0.1) is 5.82 Å². The topological polar surface area (TPSA) is 70.0 Å². The number of carbonyl (C=O) groups excluding carboxylic acids is 1. The van der Waals surface area contributed by atoms with Crippen LogP contribution in [0.1, 0.15) is 12.0 Å². The van der Waals surface area contributed by atoms with E-state index in [1.807, 2.05) is 0 Å². The summed E-state index contributed by atoms with van der Waals surface area (Å²) in [6, 6.07) is 5.74. The zero-order valence-electron chi connectivity index (χ0n) is 8.76. The molecule has 1 aromatic carbocycles. The predicted octanol–water partition coefficient (Wildman–Crippen LogP) is 0.999. The van der Waals surface area contributed by atoms with Gasteiger partial charge in [-0.25, -0.2) is 14.2 Å². The minimum Gasteiger partial charge on any atom is -0.477 e. The molecule has 0 spiro atoms. The van der Waals surface area contributed by atoms with Gasteiger partial charge in [0.05, 0.1) is 13.0 Å². The first-order valence-corrected chi connectivity index (χ1v) is 4.92. The number of carboxylic acids is 1. The lowest BCUT2D eigenvalue weighted by Crippen LogP contribution is -2.20. The molecule has 1 aliphatic rings. The molecule has 5 nitrogen and oxygen atoms in total. The lowest BCUT2D eigenvalue weighted by molar-refractivity contribution is -0.131. The summed E-state index contributed by atoms with van der Waals surface area (Å²) < 4.78 is 12.9. The monoisotopic (exact) mass is 236 g/mol. The third-order valence-electron chi connectivity index (χ3n) is 2.32. The Hall–Kier alpha value is -2.24. The molecule has 0 aliphatic carbocycles. The first-order chi connectivity index (χ1) is 8.06. The number of hydrazone groups is 1. The summed E-state index contributed by atoms with van der Waals surface area (Å²) >= 11 is 0. The van der Waals surface area contributed by atoms with E-state index in [1.54, 1.807) is 6.07 Å². The number of hydrogen-bond acceptors (Lipinski definition) is 3. The zero-order valence-corrected chi connectivity index (χ0v) is 8.76. The Bertz CT molecular complexity index is 513. The molecule has 0 saturated heterocycles. The third kappa shape index (κ3) is 2.47. The molecule has 6 heteroatoms. The smallest absolute Gasteiger partial charge is 0.352 e. The summed E-state index contributed by atoms with van der Waals surface area (Å²) in [6.07, 6.45) is -0.218. The number of nitrogens with zero attached hydrogens (tertiary/aromatic N) is 2. The van der Waals surface area contributed by atoms with Crippen molar-refractivity contribution in [1.82, 2.24) is 5.01 Å². The van der Waals surface area contributed by atoms with Crippen molar-refractivity contribution in [2.45, 2.75) is 13.0 Å². The van der Waals surface area contributed by atoms with Gasteiger partial charge in [-0.05, 0) is 17.7 Å². The van der Waals surface area contributed by atoms with E-state index in [-0.39, 0.29) is 18.7 Å². The molecule has 1 N–H and O–H groups in total. The highest BCUT2D eigenvalue weighted by molar-refractivity contribution is 6.40. The minimum absolute atomic E-state index is 0.0768. The first kappa shape index (κ1) is 11.3. The maximum Gasteiger partial charge on any atom is 0.352 e. The summed E-state index contributed by atoms with van der Waals surface area (Å²) in [6.45, 7) is 0.0768. The molecule has 0 bridgehead atoms. The number of aliphatic carboxylic acids is 1. The number of carbonyl (C=O) groups is 2. The van der Waals surface area contributed by atoms with E-state index < -0.39 is 17.7 Å². The fourth-order valence-corrected chi connectivity index (χ4v) is 1.52. The van der Waals surface area contributed by atoms with Crippen LogP contribution in [-0.2, 0) is 16.1 Å². The highest BCUT2D eigenvalue weighted by Gasteiger charge is 2.27. The first-order valence-electron chi connectivity index (χ1n) is 4.92. The van der Waals surface area contributed by atoms with E-state index in [4.69, 9.17) is 5.11 Å².